The van der Waals surface area contributed by atoms with E-state index in [1.165, 1.54) is 5.56 Å². The summed E-state index contributed by atoms with van der Waals surface area (Å²) in [4.78, 5) is 15.3. The molecule has 2 nitrogen and oxygen atoms in total. The van der Waals surface area contributed by atoms with Crippen molar-refractivity contribution in [2.75, 3.05) is 19.6 Å². The Morgan fingerprint density at radius 2 is 1.65 bits per heavy atom. The molecule has 0 bridgehead atoms. The predicted molar refractivity (Wildman–Crippen MR) is 111 cm³/mol. The van der Waals surface area contributed by atoms with E-state index in [0.29, 0.717) is 0 Å². The molecule has 0 aliphatic carbocycles. The van der Waals surface area contributed by atoms with Gasteiger partial charge in [0, 0.05) is 17.1 Å². The first-order chi connectivity index (χ1) is 12.6. The first-order valence-corrected chi connectivity index (χ1v) is 9.77. The van der Waals surface area contributed by atoms with Gasteiger partial charge in [0.05, 0.1) is 0 Å². The molecule has 0 amide bonds. The lowest BCUT2D eigenvalue weighted by atomic mass is 9.98. The summed E-state index contributed by atoms with van der Waals surface area (Å²) in [5, 5.41) is 0.753. The van der Waals surface area contributed by atoms with Gasteiger partial charge in [0.15, 0.2) is 5.78 Å². The van der Waals surface area contributed by atoms with Crippen LogP contribution in [0.25, 0.3) is 0 Å². The van der Waals surface area contributed by atoms with E-state index in [4.69, 9.17) is 11.6 Å². The van der Waals surface area contributed by atoms with E-state index in [9.17, 15) is 4.79 Å². The largest absolute Gasteiger partial charge is 0.304 e. The smallest absolute Gasteiger partial charge is 0.188 e. The second-order valence-electron chi connectivity index (χ2n) is 6.37. The number of halogens is 1. The maximum Gasteiger partial charge on any atom is 0.188 e. The second kappa shape index (κ2) is 10.9. The number of hydrogen-bond acceptors (Lipinski definition) is 2. The van der Waals surface area contributed by atoms with Gasteiger partial charge in [-0.3, -0.25) is 4.79 Å². The Kier molecular flexibility index (Phi) is 8.60. The van der Waals surface area contributed by atoms with Gasteiger partial charge < -0.3 is 4.90 Å². The Morgan fingerprint density at radius 1 is 1.00 bits per heavy atom. The van der Waals surface area contributed by atoms with E-state index in [2.05, 4.69) is 24.8 Å². The van der Waals surface area contributed by atoms with Crippen LogP contribution >= 0.6 is 11.6 Å². The molecular weight excluding hydrogens is 342 g/mol. The molecule has 0 spiro atoms. The van der Waals surface area contributed by atoms with Gasteiger partial charge in [-0.1, -0.05) is 74.0 Å². The number of rotatable bonds is 10. The highest BCUT2D eigenvalue weighted by atomic mass is 35.5. The fraction of sp³-hybridized carbons (Fsp3) is 0.348. The Hall–Kier alpha value is -1.90. The Bertz CT molecular complexity index is 703. The molecular formula is C23H28ClNO. The van der Waals surface area contributed by atoms with Crippen LogP contribution < -0.4 is 0 Å². The van der Waals surface area contributed by atoms with Crippen molar-refractivity contribution in [3.8, 4) is 0 Å². The average molecular weight is 370 g/mol. The minimum Gasteiger partial charge on any atom is -0.304 e. The number of carbonyl (C=O) groups is 1. The normalized spacial score (nSPS) is 11.8. The summed E-state index contributed by atoms with van der Waals surface area (Å²) >= 11 is 5.94. The molecule has 138 valence electrons. The van der Waals surface area contributed by atoms with Crippen molar-refractivity contribution in [1.29, 1.82) is 0 Å². The molecule has 0 N–H and O–H groups in total. The SMILES string of the molecule is CCN(CC)CC/C(=C\CCc1ccc(Cl)cc1)C(=O)c1ccccc1. The number of benzene rings is 2. The molecule has 0 atom stereocenters. The fourth-order valence-electron chi connectivity index (χ4n) is 2.97. The van der Waals surface area contributed by atoms with E-state index in [1.54, 1.807) is 0 Å². The molecule has 0 saturated heterocycles. The topological polar surface area (TPSA) is 20.3 Å². The van der Waals surface area contributed by atoms with Gasteiger partial charge in [-0.05, 0) is 55.6 Å². The highest BCUT2D eigenvalue weighted by molar-refractivity contribution is 6.30. The van der Waals surface area contributed by atoms with Crippen molar-refractivity contribution in [3.05, 3.63) is 82.4 Å². The molecule has 0 unspecified atom stereocenters. The molecule has 0 saturated carbocycles. The third kappa shape index (κ3) is 6.44. The van der Waals surface area contributed by atoms with Gasteiger partial charge in [-0.15, -0.1) is 0 Å². The third-order valence-corrected chi connectivity index (χ3v) is 4.91. The third-order valence-electron chi connectivity index (χ3n) is 4.66. The van der Waals surface area contributed by atoms with Gasteiger partial charge in [0.25, 0.3) is 0 Å². The lowest BCUT2D eigenvalue weighted by Gasteiger charge is -2.18. The van der Waals surface area contributed by atoms with Gasteiger partial charge in [0.2, 0.25) is 0 Å². The molecule has 0 aliphatic rings. The predicted octanol–water partition coefficient (Wildman–Crippen LogP) is 5.81. The number of carbonyl (C=O) groups excluding carboxylic acids is 1. The van der Waals surface area contributed by atoms with Gasteiger partial charge >= 0.3 is 0 Å². The van der Waals surface area contributed by atoms with Crippen molar-refractivity contribution in [3.63, 3.8) is 0 Å². The monoisotopic (exact) mass is 369 g/mol. The van der Waals surface area contributed by atoms with Crippen LogP contribution in [-0.2, 0) is 6.42 Å². The van der Waals surface area contributed by atoms with Crippen LogP contribution in [0.4, 0.5) is 0 Å². The first kappa shape index (κ1) is 20.4. The average Bonchev–Trinajstić information content (AvgIpc) is 2.69. The molecule has 2 rings (SSSR count). The van der Waals surface area contributed by atoms with Gasteiger partial charge in [-0.25, -0.2) is 0 Å². The zero-order chi connectivity index (χ0) is 18.8. The fourth-order valence-corrected chi connectivity index (χ4v) is 3.09. The lowest BCUT2D eigenvalue weighted by molar-refractivity contribution is 0.102. The van der Waals surface area contributed by atoms with Crippen LogP contribution in [0, 0.1) is 0 Å². The molecule has 2 aromatic rings. The number of aryl methyl sites for hydroxylation is 1. The summed E-state index contributed by atoms with van der Waals surface area (Å²) in [7, 11) is 0. The molecule has 3 heteroatoms. The van der Waals surface area contributed by atoms with E-state index < -0.39 is 0 Å². The van der Waals surface area contributed by atoms with Crippen LogP contribution in [-0.4, -0.2) is 30.3 Å². The van der Waals surface area contributed by atoms with E-state index in [-0.39, 0.29) is 5.78 Å². The van der Waals surface area contributed by atoms with E-state index in [0.717, 1.165) is 55.1 Å². The quantitative estimate of drug-likeness (QED) is 0.389. The van der Waals surface area contributed by atoms with Crippen molar-refractivity contribution in [2.24, 2.45) is 0 Å². The molecule has 2 aromatic carbocycles. The summed E-state index contributed by atoms with van der Waals surface area (Å²) in [6, 6.07) is 17.5. The number of Topliss-reactive ketones (excluding diaryl/α,β-unsaturated/α-hetero) is 1. The van der Waals surface area contributed by atoms with Gasteiger partial charge in [0.1, 0.15) is 0 Å². The molecule has 0 fully saturated rings. The lowest BCUT2D eigenvalue weighted by Crippen LogP contribution is -2.25. The van der Waals surface area contributed by atoms with Crippen LogP contribution in [0.5, 0.6) is 0 Å². The number of ketones is 1. The van der Waals surface area contributed by atoms with Crippen molar-refractivity contribution < 1.29 is 4.79 Å². The second-order valence-corrected chi connectivity index (χ2v) is 6.80. The highest BCUT2D eigenvalue weighted by Crippen LogP contribution is 2.16. The summed E-state index contributed by atoms with van der Waals surface area (Å²) in [6.45, 7) is 7.25. The van der Waals surface area contributed by atoms with Gasteiger partial charge in [-0.2, -0.15) is 0 Å². The minimum absolute atomic E-state index is 0.147. The summed E-state index contributed by atoms with van der Waals surface area (Å²) in [6.07, 6.45) is 4.67. The van der Waals surface area contributed by atoms with Crippen molar-refractivity contribution in [1.82, 2.24) is 4.90 Å². The molecule has 0 radical (unpaired) electrons. The summed E-state index contributed by atoms with van der Waals surface area (Å²) < 4.78 is 0. The Labute approximate surface area is 162 Å². The molecule has 0 aromatic heterocycles. The molecule has 26 heavy (non-hydrogen) atoms. The summed E-state index contributed by atoms with van der Waals surface area (Å²) in [5.74, 6) is 0.147. The Morgan fingerprint density at radius 3 is 2.27 bits per heavy atom. The highest BCUT2D eigenvalue weighted by Gasteiger charge is 2.13. The van der Waals surface area contributed by atoms with Crippen LogP contribution in [0.2, 0.25) is 5.02 Å². The Balaban J connectivity index is 2.08. The number of nitrogens with zero attached hydrogens (tertiary/aromatic N) is 1. The maximum atomic E-state index is 12.9. The molecule has 0 heterocycles. The zero-order valence-electron chi connectivity index (χ0n) is 15.7. The number of allylic oxidation sites excluding steroid dienone is 1. The van der Waals surface area contributed by atoms with Crippen LogP contribution in [0.1, 0.15) is 42.6 Å². The first-order valence-electron chi connectivity index (χ1n) is 9.39. The molecule has 0 aliphatic heterocycles. The zero-order valence-corrected chi connectivity index (χ0v) is 16.5. The maximum absolute atomic E-state index is 12.9. The number of hydrogen-bond donors (Lipinski definition) is 0. The van der Waals surface area contributed by atoms with Crippen molar-refractivity contribution >= 4 is 17.4 Å². The van der Waals surface area contributed by atoms with Crippen molar-refractivity contribution in [2.45, 2.75) is 33.1 Å². The standard InChI is InChI=1S/C23H28ClNO/c1-3-25(4-2)18-17-21(23(26)20-10-6-5-7-11-20)12-8-9-19-13-15-22(24)16-14-19/h5-7,10-16H,3-4,8-9,17-18H2,1-2H3/b21-12+. The van der Waals surface area contributed by atoms with E-state index >= 15 is 0 Å². The summed E-state index contributed by atoms with van der Waals surface area (Å²) in [5.41, 5.74) is 2.92. The van der Waals surface area contributed by atoms with Crippen LogP contribution in [0.3, 0.4) is 0 Å². The van der Waals surface area contributed by atoms with Crippen LogP contribution in [0.15, 0.2) is 66.2 Å². The van der Waals surface area contributed by atoms with E-state index in [1.807, 2.05) is 54.6 Å². The minimum atomic E-state index is 0.147.